The molecule has 0 radical (unpaired) electrons. The topological polar surface area (TPSA) is 72.1 Å². The van der Waals surface area contributed by atoms with Crippen molar-refractivity contribution >= 4 is 5.91 Å². The van der Waals surface area contributed by atoms with Gasteiger partial charge in [-0.05, 0) is 29.7 Å². The number of carbonyl (C=O) groups is 1. The van der Waals surface area contributed by atoms with Crippen molar-refractivity contribution in [3.05, 3.63) is 66.1 Å². The second kappa shape index (κ2) is 7.26. The standard InChI is InChI=1S/C20H19FN4O2/c1-13-11-25(18(26)9-14-5-2-3-7-17(14)21)12-16(13)20-23-19(24-27-20)15-6-4-8-22-10-15/h2-8,10,13,16H,9,11-12H2,1H3. The Labute approximate surface area is 156 Å². The van der Waals surface area contributed by atoms with E-state index in [-0.39, 0.29) is 30.0 Å². The number of likely N-dealkylation sites (tertiary alicyclic amines) is 1. The smallest absolute Gasteiger partial charge is 0.232 e. The second-order valence-corrected chi connectivity index (χ2v) is 6.85. The zero-order valence-electron chi connectivity index (χ0n) is 14.9. The van der Waals surface area contributed by atoms with Gasteiger partial charge in [-0.3, -0.25) is 9.78 Å². The molecule has 1 aliphatic rings. The molecule has 0 spiro atoms. The van der Waals surface area contributed by atoms with E-state index < -0.39 is 0 Å². The Morgan fingerprint density at radius 3 is 2.89 bits per heavy atom. The molecule has 1 fully saturated rings. The fraction of sp³-hybridized carbons (Fsp3) is 0.300. The number of hydrogen-bond acceptors (Lipinski definition) is 5. The zero-order valence-corrected chi connectivity index (χ0v) is 14.9. The average Bonchev–Trinajstić information content (AvgIpc) is 3.31. The van der Waals surface area contributed by atoms with Crippen LogP contribution < -0.4 is 0 Å². The predicted molar refractivity (Wildman–Crippen MR) is 96.1 cm³/mol. The third kappa shape index (κ3) is 3.58. The van der Waals surface area contributed by atoms with E-state index in [1.54, 1.807) is 35.5 Å². The quantitative estimate of drug-likeness (QED) is 0.710. The highest BCUT2D eigenvalue weighted by Gasteiger charge is 2.37. The molecular formula is C20H19FN4O2. The van der Waals surface area contributed by atoms with Crippen molar-refractivity contribution in [1.82, 2.24) is 20.0 Å². The van der Waals surface area contributed by atoms with Crippen LogP contribution in [0.25, 0.3) is 11.4 Å². The Bertz CT molecular complexity index is 944. The number of benzene rings is 1. The Hall–Kier alpha value is -3.09. The summed E-state index contributed by atoms with van der Waals surface area (Å²) in [5.41, 5.74) is 1.20. The molecule has 3 aromatic rings. The van der Waals surface area contributed by atoms with E-state index in [9.17, 15) is 9.18 Å². The molecule has 138 valence electrons. The highest BCUT2D eigenvalue weighted by molar-refractivity contribution is 5.79. The number of carbonyl (C=O) groups excluding carboxylic acids is 1. The van der Waals surface area contributed by atoms with Gasteiger partial charge in [0.25, 0.3) is 0 Å². The second-order valence-electron chi connectivity index (χ2n) is 6.85. The Morgan fingerprint density at radius 1 is 1.26 bits per heavy atom. The summed E-state index contributed by atoms with van der Waals surface area (Å²) in [7, 11) is 0. The van der Waals surface area contributed by atoms with E-state index in [1.807, 2.05) is 12.1 Å². The molecule has 0 N–H and O–H groups in total. The minimum atomic E-state index is -0.354. The lowest BCUT2D eigenvalue weighted by atomic mass is 9.98. The molecule has 0 saturated carbocycles. The molecule has 0 aliphatic carbocycles. The van der Waals surface area contributed by atoms with E-state index >= 15 is 0 Å². The van der Waals surface area contributed by atoms with E-state index in [0.29, 0.717) is 30.4 Å². The average molecular weight is 366 g/mol. The van der Waals surface area contributed by atoms with Crippen molar-refractivity contribution in [1.29, 1.82) is 0 Å². The summed E-state index contributed by atoms with van der Waals surface area (Å²) in [5.74, 6) is 0.697. The van der Waals surface area contributed by atoms with Gasteiger partial charge in [0, 0.05) is 31.0 Å². The number of rotatable bonds is 4. The molecule has 2 unspecified atom stereocenters. The van der Waals surface area contributed by atoms with E-state index in [0.717, 1.165) is 5.56 Å². The molecule has 1 saturated heterocycles. The maximum atomic E-state index is 13.8. The zero-order chi connectivity index (χ0) is 18.8. The monoisotopic (exact) mass is 366 g/mol. The minimum absolute atomic E-state index is 0.0347. The van der Waals surface area contributed by atoms with Crippen molar-refractivity contribution in [3.63, 3.8) is 0 Å². The molecule has 0 bridgehead atoms. The highest BCUT2D eigenvalue weighted by atomic mass is 19.1. The van der Waals surface area contributed by atoms with Gasteiger partial charge in [-0.1, -0.05) is 30.3 Å². The number of pyridine rings is 1. The maximum Gasteiger partial charge on any atom is 0.232 e. The van der Waals surface area contributed by atoms with Gasteiger partial charge >= 0.3 is 0 Å². The summed E-state index contributed by atoms with van der Waals surface area (Å²) in [5, 5.41) is 4.04. The first-order chi connectivity index (χ1) is 13.1. The SMILES string of the molecule is CC1CN(C(=O)Cc2ccccc2F)CC1c1nc(-c2cccnc2)no1. The van der Waals surface area contributed by atoms with E-state index in [2.05, 4.69) is 22.0 Å². The summed E-state index contributed by atoms with van der Waals surface area (Å²) >= 11 is 0. The number of halogens is 1. The normalized spacial score (nSPS) is 19.4. The molecule has 3 heterocycles. The lowest BCUT2D eigenvalue weighted by Crippen LogP contribution is -2.30. The van der Waals surface area contributed by atoms with Gasteiger partial charge in [-0.25, -0.2) is 4.39 Å². The van der Waals surface area contributed by atoms with Crippen molar-refractivity contribution in [2.75, 3.05) is 13.1 Å². The number of hydrogen-bond donors (Lipinski definition) is 0. The first-order valence-corrected chi connectivity index (χ1v) is 8.87. The van der Waals surface area contributed by atoms with Crippen molar-refractivity contribution in [2.24, 2.45) is 5.92 Å². The van der Waals surface area contributed by atoms with Gasteiger partial charge in [0.2, 0.25) is 17.6 Å². The van der Waals surface area contributed by atoms with Crippen LogP contribution in [-0.2, 0) is 11.2 Å². The highest BCUT2D eigenvalue weighted by Crippen LogP contribution is 2.32. The summed E-state index contributed by atoms with van der Waals surface area (Å²) in [6.07, 6.45) is 3.41. The summed E-state index contributed by atoms with van der Waals surface area (Å²) < 4.78 is 19.3. The van der Waals surface area contributed by atoms with Crippen molar-refractivity contribution in [2.45, 2.75) is 19.3 Å². The van der Waals surface area contributed by atoms with E-state index in [4.69, 9.17) is 4.52 Å². The van der Waals surface area contributed by atoms with Gasteiger partial charge in [0.15, 0.2) is 0 Å². The molecule has 6 nitrogen and oxygen atoms in total. The van der Waals surface area contributed by atoms with Gasteiger partial charge in [0.05, 0.1) is 12.3 Å². The van der Waals surface area contributed by atoms with Crippen molar-refractivity contribution < 1.29 is 13.7 Å². The van der Waals surface area contributed by atoms with Crippen LogP contribution in [0, 0.1) is 11.7 Å². The molecule has 1 amide bonds. The predicted octanol–water partition coefficient (Wildman–Crippen LogP) is 3.08. The van der Waals surface area contributed by atoms with Crippen LogP contribution in [0.15, 0.2) is 53.3 Å². The van der Waals surface area contributed by atoms with Crippen molar-refractivity contribution in [3.8, 4) is 11.4 Å². The molecule has 27 heavy (non-hydrogen) atoms. The van der Waals surface area contributed by atoms with Crippen LogP contribution in [0.3, 0.4) is 0 Å². The van der Waals surface area contributed by atoms with Gasteiger partial charge < -0.3 is 9.42 Å². The molecule has 2 atom stereocenters. The van der Waals surface area contributed by atoms with Crippen LogP contribution in [0.5, 0.6) is 0 Å². The molecule has 7 heteroatoms. The van der Waals surface area contributed by atoms with Crippen LogP contribution >= 0.6 is 0 Å². The summed E-state index contributed by atoms with van der Waals surface area (Å²) in [6.45, 7) is 3.13. The van der Waals surface area contributed by atoms with Gasteiger partial charge in [0.1, 0.15) is 5.82 Å². The van der Waals surface area contributed by atoms with E-state index in [1.165, 1.54) is 6.07 Å². The number of nitrogens with zero attached hydrogens (tertiary/aromatic N) is 4. The van der Waals surface area contributed by atoms with Crippen LogP contribution in [0.4, 0.5) is 4.39 Å². The third-order valence-electron chi connectivity index (χ3n) is 4.94. The van der Waals surface area contributed by atoms with Crippen LogP contribution in [0.2, 0.25) is 0 Å². The summed E-state index contributed by atoms with van der Waals surface area (Å²) in [6, 6.07) is 10.0. The number of aromatic nitrogens is 3. The Balaban J connectivity index is 1.46. The minimum Gasteiger partial charge on any atom is -0.341 e. The molecule has 4 rings (SSSR count). The molecular weight excluding hydrogens is 347 g/mol. The maximum absolute atomic E-state index is 13.8. The largest absolute Gasteiger partial charge is 0.341 e. The molecule has 1 aromatic carbocycles. The molecule has 2 aromatic heterocycles. The fourth-order valence-corrected chi connectivity index (χ4v) is 3.41. The van der Waals surface area contributed by atoms with Gasteiger partial charge in [-0.15, -0.1) is 0 Å². The Kier molecular flexibility index (Phi) is 4.66. The fourth-order valence-electron chi connectivity index (χ4n) is 3.41. The molecule has 1 aliphatic heterocycles. The van der Waals surface area contributed by atoms with Gasteiger partial charge in [-0.2, -0.15) is 4.98 Å². The number of amides is 1. The lowest BCUT2D eigenvalue weighted by Gasteiger charge is -2.16. The van der Waals surface area contributed by atoms with Crippen LogP contribution in [0.1, 0.15) is 24.3 Å². The Morgan fingerprint density at radius 2 is 2.11 bits per heavy atom. The summed E-state index contributed by atoms with van der Waals surface area (Å²) in [4.78, 5) is 22.9. The third-order valence-corrected chi connectivity index (χ3v) is 4.94. The lowest BCUT2D eigenvalue weighted by molar-refractivity contribution is -0.129. The van der Waals surface area contributed by atoms with Crippen LogP contribution in [-0.4, -0.2) is 39.0 Å². The first-order valence-electron chi connectivity index (χ1n) is 8.87. The first kappa shape index (κ1) is 17.3.